The first-order chi connectivity index (χ1) is 14.5. The number of rotatable bonds is 6. The topological polar surface area (TPSA) is 44.5 Å². The van der Waals surface area contributed by atoms with Crippen LogP contribution in [0.25, 0.3) is 5.69 Å². The lowest BCUT2D eigenvalue weighted by Crippen LogP contribution is -2.27. The van der Waals surface area contributed by atoms with Gasteiger partial charge in [0.1, 0.15) is 17.3 Å². The zero-order valence-corrected chi connectivity index (χ0v) is 18.8. The molecule has 0 aliphatic carbocycles. The van der Waals surface area contributed by atoms with Crippen LogP contribution in [0.15, 0.2) is 42.5 Å². The third-order valence-corrected chi connectivity index (χ3v) is 6.23. The number of para-hydroxylation sites is 1. The van der Waals surface area contributed by atoms with Crippen LogP contribution in [-0.4, -0.2) is 40.0 Å². The number of aryl methyl sites for hydroxylation is 2. The summed E-state index contributed by atoms with van der Waals surface area (Å²) in [7, 11) is 3.41. The van der Waals surface area contributed by atoms with E-state index in [1.807, 2.05) is 35.9 Å². The van der Waals surface area contributed by atoms with Crippen LogP contribution in [0, 0.1) is 18.6 Å². The highest BCUT2D eigenvalue weighted by Crippen LogP contribution is 2.39. The largest absolute Gasteiger partial charge is 0.497 e. The maximum atomic E-state index is 5.82. The molecule has 7 heteroatoms. The van der Waals surface area contributed by atoms with Crippen molar-refractivity contribution in [1.29, 1.82) is 0 Å². The van der Waals surface area contributed by atoms with Crippen molar-refractivity contribution in [3.8, 4) is 17.2 Å². The highest BCUT2D eigenvalue weighted by Gasteiger charge is 2.29. The number of ether oxygens (including phenoxy) is 2. The fourth-order valence-electron chi connectivity index (χ4n) is 4.32. The third-order valence-electron chi connectivity index (χ3n) is 5.83. The molecule has 1 aliphatic rings. The molecule has 0 spiro atoms. The highest BCUT2D eigenvalue weighted by molar-refractivity contribution is 7.71. The number of nitrogens with zero attached hydrogens (tertiary/aromatic N) is 4. The molecule has 0 radical (unpaired) electrons. The Hall–Kier alpha value is -2.64. The van der Waals surface area contributed by atoms with Gasteiger partial charge in [0.05, 0.1) is 26.6 Å². The number of hydrogen-bond acceptors (Lipinski definition) is 5. The van der Waals surface area contributed by atoms with Crippen molar-refractivity contribution in [2.45, 2.75) is 39.4 Å². The van der Waals surface area contributed by atoms with Crippen LogP contribution in [0.2, 0.25) is 0 Å². The van der Waals surface area contributed by atoms with Gasteiger partial charge < -0.3 is 9.47 Å². The first-order valence-corrected chi connectivity index (χ1v) is 10.6. The van der Waals surface area contributed by atoms with Gasteiger partial charge in [0.15, 0.2) is 0 Å². The standard InChI is InChI=1S/C23H28N4O2S/c1-16-8-5-6-9-20(16)27-17(2)24-26(23(27)30)15-25-13-7-10-21(25)19-14-18(28-3)11-12-22(19)29-4/h5-6,8-9,11-12,14,21H,7,10,13,15H2,1-4H3/t21-/m1/s1. The Morgan fingerprint density at radius 3 is 2.63 bits per heavy atom. The lowest BCUT2D eigenvalue weighted by Gasteiger charge is -2.26. The summed E-state index contributed by atoms with van der Waals surface area (Å²) in [5.74, 6) is 2.62. The van der Waals surface area contributed by atoms with E-state index < -0.39 is 0 Å². The van der Waals surface area contributed by atoms with E-state index in [1.54, 1.807) is 14.2 Å². The first-order valence-electron chi connectivity index (χ1n) is 10.2. The predicted octanol–water partition coefficient (Wildman–Crippen LogP) is 4.83. The van der Waals surface area contributed by atoms with Crippen LogP contribution in [0.3, 0.4) is 0 Å². The Bertz CT molecular complexity index is 1100. The van der Waals surface area contributed by atoms with E-state index in [0.717, 1.165) is 48.0 Å². The maximum Gasteiger partial charge on any atom is 0.203 e. The Kier molecular flexibility index (Phi) is 5.92. The average Bonchev–Trinajstić information content (AvgIpc) is 3.32. The van der Waals surface area contributed by atoms with Crippen molar-refractivity contribution >= 4 is 12.2 Å². The van der Waals surface area contributed by atoms with Gasteiger partial charge in [-0.25, -0.2) is 4.68 Å². The molecule has 6 nitrogen and oxygen atoms in total. The Morgan fingerprint density at radius 1 is 1.10 bits per heavy atom. The maximum absolute atomic E-state index is 5.82. The van der Waals surface area contributed by atoms with Crippen LogP contribution in [0.5, 0.6) is 11.5 Å². The molecule has 1 atom stereocenters. The lowest BCUT2D eigenvalue weighted by atomic mass is 10.0. The first kappa shape index (κ1) is 20.6. The van der Waals surface area contributed by atoms with Gasteiger partial charge in [0.2, 0.25) is 4.77 Å². The monoisotopic (exact) mass is 424 g/mol. The lowest BCUT2D eigenvalue weighted by molar-refractivity contribution is 0.186. The van der Waals surface area contributed by atoms with Crippen molar-refractivity contribution in [3.05, 3.63) is 64.2 Å². The number of aromatic nitrogens is 3. The molecule has 1 fully saturated rings. The van der Waals surface area contributed by atoms with Crippen LogP contribution >= 0.6 is 12.2 Å². The number of methoxy groups -OCH3 is 2. The van der Waals surface area contributed by atoms with Crippen molar-refractivity contribution in [2.24, 2.45) is 0 Å². The predicted molar refractivity (Wildman–Crippen MR) is 120 cm³/mol. The Morgan fingerprint density at radius 2 is 1.90 bits per heavy atom. The van der Waals surface area contributed by atoms with E-state index in [9.17, 15) is 0 Å². The molecule has 2 aromatic carbocycles. The minimum absolute atomic E-state index is 0.237. The Balaban J connectivity index is 1.66. The number of benzene rings is 2. The van der Waals surface area contributed by atoms with Crippen molar-refractivity contribution in [2.75, 3.05) is 20.8 Å². The van der Waals surface area contributed by atoms with E-state index in [2.05, 4.69) is 34.6 Å². The van der Waals surface area contributed by atoms with Crippen molar-refractivity contribution in [3.63, 3.8) is 0 Å². The molecular weight excluding hydrogens is 396 g/mol. The summed E-state index contributed by atoms with van der Waals surface area (Å²) in [6.45, 7) is 5.73. The SMILES string of the molecule is COc1ccc(OC)c([C@H]2CCCN2Cn2nc(C)n(-c3ccccc3C)c2=S)c1. The summed E-state index contributed by atoms with van der Waals surface area (Å²) in [5.41, 5.74) is 3.41. The quantitative estimate of drug-likeness (QED) is 0.530. The van der Waals surface area contributed by atoms with E-state index in [4.69, 9.17) is 26.8 Å². The fraction of sp³-hybridized carbons (Fsp3) is 0.391. The molecule has 2 heterocycles. The van der Waals surface area contributed by atoms with E-state index >= 15 is 0 Å². The molecule has 1 aromatic heterocycles. The summed E-state index contributed by atoms with van der Waals surface area (Å²) in [6.07, 6.45) is 2.18. The number of hydrogen-bond donors (Lipinski definition) is 0. The zero-order chi connectivity index (χ0) is 21.3. The molecule has 0 saturated carbocycles. The normalized spacial score (nSPS) is 16.7. The second kappa shape index (κ2) is 8.62. The Labute approximate surface area is 182 Å². The van der Waals surface area contributed by atoms with Gasteiger partial charge >= 0.3 is 0 Å². The minimum atomic E-state index is 0.237. The molecule has 1 aliphatic heterocycles. The summed E-state index contributed by atoms with van der Waals surface area (Å²) in [6, 6.07) is 14.5. The van der Waals surface area contributed by atoms with Gasteiger partial charge in [-0.2, -0.15) is 5.10 Å². The third kappa shape index (κ3) is 3.75. The summed E-state index contributed by atoms with van der Waals surface area (Å²) >= 11 is 5.82. The molecule has 1 saturated heterocycles. The molecular formula is C23H28N4O2S. The molecule has 0 unspecified atom stereocenters. The van der Waals surface area contributed by atoms with Crippen LogP contribution in [0.4, 0.5) is 0 Å². The second-order valence-corrected chi connectivity index (χ2v) is 8.04. The van der Waals surface area contributed by atoms with E-state index in [-0.39, 0.29) is 6.04 Å². The molecule has 0 bridgehead atoms. The average molecular weight is 425 g/mol. The van der Waals surface area contributed by atoms with E-state index in [0.29, 0.717) is 11.4 Å². The van der Waals surface area contributed by atoms with Crippen molar-refractivity contribution in [1.82, 2.24) is 19.2 Å². The molecule has 30 heavy (non-hydrogen) atoms. The molecule has 158 valence electrons. The second-order valence-electron chi connectivity index (χ2n) is 7.67. The van der Waals surface area contributed by atoms with Crippen LogP contribution in [0.1, 0.15) is 35.8 Å². The minimum Gasteiger partial charge on any atom is -0.497 e. The zero-order valence-electron chi connectivity index (χ0n) is 18.0. The van der Waals surface area contributed by atoms with Gasteiger partial charge in [-0.05, 0) is 68.7 Å². The summed E-state index contributed by atoms with van der Waals surface area (Å²) in [4.78, 5) is 2.42. The van der Waals surface area contributed by atoms with Crippen LogP contribution < -0.4 is 9.47 Å². The smallest absolute Gasteiger partial charge is 0.203 e. The van der Waals surface area contributed by atoms with Gasteiger partial charge in [0, 0.05) is 18.2 Å². The number of likely N-dealkylation sites (tertiary alicyclic amines) is 1. The van der Waals surface area contributed by atoms with Gasteiger partial charge in [-0.1, -0.05) is 18.2 Å². The molecule has 0 amide bonds. The molecule has 4 rings (SSSR count). The molecule has 3 aromatic rings. The molecule has 0 N–H and O–H groups in total. The van der Waals surface area contributed by atoms with E-state index in [1.165, 1.54) is 5.56 Å². The summed E-state index contributed by atoms with van der Waals surface area (Å²) < 4.78 is 15.8. The summed E-state index contributed by atoms with van der Waals surface area (Å²) in [5, 5.41) is 4.77. The van der Waals surface area contributed by atoms with Crippen molar-refractivity contribution < 1.29 is 9.47 Å². The van der Waals surface area contributed by atoms with Crippen LogP contribution in [-0.2, 0) is 6.67 Å². The van der Waals surface area contributed by atoms with Gasteiger partial charge in [-0.15, -0.1) is 0 Å². The fourth-order valence-corrected chi connectivity index (χ4v) is 4.65. The van der Waals surface area contributed by atoms with Gasteiger partial charge in [0.25, 0.3) is 0 Å². The highest BCUT2D eigenvalue weighted by atomic mass is 32.1. The van der Waals surface area contributed by atoms with Gasteiger partial charge in [-0.3, -0.25) is 9.47 Å².